The maximum Gasteiger partial charge on any atom is 0.253 e. The Kier molecular flexibility index (Phi) is 5.30. The molecule has 0 radical (unpaired) electrons. The van der Waals surface area contributed by atoms with Gasteiger partial charge in [0.15, 0.2) is 0 Å². The van der Waals surface area contributed by atoms with Crippen LogP contribution in [0.2, 0.25) is 0 Å². The first-order valence-corrected chi connectivity index (χ1v) is 8.65. The Morgan fingerprint density at radius 1 is 1.29 bits per heavy atom. The van der Waals surface area contributed by atoms with Crippen LogP contribution in [-0.2, 0) is 13.1 Å². The van der Waals surface area contributed by atoms with Gasteiger partial charge < -0.3 is 4.90 Å². The number of hydrogen-bond donors (Lipinski definition) is 0. The Hall–Kier alpha value is -2.14. The van der Waals surface area contributed by atoms with E-state index in [0.717, 1.165) is 25.2 Å². The van der Waals surface area contributed by atoms with Crippen molar-refractivity contribution in [2.24, 2.45) is 0 Å². The zero-order valence-corrected chi connectivity index (χ0v) is 14.6. The van der Waals surface area contributed by atoms with E-state index in [4.69, 9.17) is 0 Å². The summed E-state index contributed by atoms with van der Waals surface area (Å²) in [6, 6.07) is 10.5. The van der Waals surface area contributed by atoms with Crippen molar-refractivity contribution in [1.29, 1.82) is 0 Å². The molecule has 0 N–H and O–H groups in total. The normalized spacial score (nSPS) is 18.5. The van der Waals surface area contributed by atoms with Crippen LogP contribution < -0.4 is 0 Å². The van der Waals surface area contributed by atoms with E-state index in [0.29, 0.717) is 6.04 Å². The van der Waals surface area contributed by atoms with Crippen LogP contribution >= 0.6 is 0 Å². The number of piperidine rings is 1. The summed E-state index contributed by atoms with van der Waals surface area (Å²) < 4.78 is 2.02. The number of aromatic nitrogens is 2. The molecule has 1 aliphatic rings. The van der Waals surface area contributed by atoms with E-state index in [1.807, 2.05) is 41.3 Å². The third-order valence-corrected chi connectivity index (χ3v) is 4.67. The van der Waals surface area contributed by atoms with Crippen molar-refractivity contribution in [1.82, 2.24) is 19.6 Å². The van der Waals surface area contributed by atoms with Crippen LogP contribution in [0.4, 0.5) is 0 Å². The highest BCUT2D eigenvalue weighted by Gasteiger charge is 2.23. The average molecular weight is 326 g/mol. The Labute approximate surface area is 143 Å². The molecule has 3 rings (SSSR count). The molecule has 1 atom stereocenters. The van der Waals surface area contributed by atoms with E-state index in [1.54, 1.807) is 19.0 Å². The molecule has 0 saturated carbocycles. The molecule has 0 spiro atoms. The zero-order chi connectivity index (χ0) is 16.9. The van der Waals surface area contributed by atoms with Gasteiger partial charge in [-0.1, -0.05) is 18.6 Å². The van der Waals surface area contributed by atoms with Gasteiger partial charge in [-0.2, -0.15) is 5.10 Å². The highest BCUT2D eigenvalue weighted by molar-refractivity contribution is 5.94. The maximum absolute atomic E-state index is 12.2. The number of nitrogens with zero attached hydrogens (tertiary/aromatic N) is 4. The van der Waals surface area contributed by atoms with Gasteiger partial charge in [0.25, 0.3) is 5.91 Å². The van der Waals surface area contributed by atoms with Crippen molar-refractivity contribution in [3.63, 3.8) is 0 Å². The van der Waals surface area contributed by atoms with Gasteiger partial charge >= 0.3 is 0 Å². The van der Waals surface area contributed by atoms with Crippen LogP contribution in [0.15, 0.2) is 42.7 Å². The van der Waals surface area contributed by atoms with Gasteiger partial charge in [-0.15, -0.1) is 0 Å². The second kappa shape index (κ2) is 7.62. The van der Waals surface area contributed by atoms with Crippen LogP contribution in [0.25, 0.3) is 0 Å². The standard InChI is InChI=1S/C19H26N4O/c1-21(2)19(24)17-8-5-7-16(13-17)14-22-11-4-3-9-18(22)15-23-12-6-10-20-23/h5-8,10,12-13,18H,3-4,9,11,14-15H2,1-2H3. The van der Waals surface area contributed by atoms with Gasteiger partial charge in [-0.25, -0.2) is 0 Å². The molecule has 0 bridgehead atoms. The molecule has 1 aromatic carbocycles. The predicted molar refractivity (Wildman–Crippen MR) is 94.7 cm³/mol. The van der Waals surface area contributed by atoms with Crippen molar-refractivity contribution >= 4 is 5.91 Å². The van der Waals surface area contributed by atoms with Gasteiger partial charge in [0.05, 0.1) is 6.54 Å². The first-order chi connectivity index (χ1) is 11.6. The summed E-state index contributed by atoms with van der Waals surface area (Å²) in [5, 5.41) is 4.35. The highest BCUT2D eigenvalue weighted by Crippen LogP contribution is 2.21. The summed E-state index contributed by atoms with van der Waals surface area (Å²) in [6.07, 6.45) is 7.59. The minimum Gasteiger partial charge on any atom is -0.345 e. The quantitative estimate of drug-likeness (QED) is 0.848. The molecule has 2 aromatic rings. The molecule has 128 valence electrons. The fraction of sp³-hybridized carbons (Fsp3) is 0.474. The van der Waals surface area contributed by atoms with Crippen molar-refractivity contribution in [2.75, 3.05) is 20.6 Å². The van der Waals surface area contributed by atoms with Gasteiger partial charge in [0.2, 0.25) is 0 Å². The molecule has 5 nitrogen and oxygen atoms in total. The summed E-state index contributed by atoms with van der Waals surface area (Å²) >= 11 is 0. The van der Waals surface area contributed by atoms with Crippen LogP contribution in [0, 0.1) is 0 Å². The Balaban J connectivity index is 1.71. The molecular weight excluding hydrogens is 300 g/mol. The molecule has 1 unspecified atom stereocenters. The molecule has 1 saturated heterocycles. The van der Waals surface area contributed by atoms with E-state index in [-0.39, 0.29) is 5.91 Å². The predicted octanol–water partition coefficient (Wildman–Crippen LogP) is 2.64. The third kappa shape index (κ3) is 4.03. The molecule has 24 heavy (non-hydrogen) atoms. The molecule has 1 aromatic heterocycles. The van der Waals surface area contributed by atoms with E-state index in [2.05, 4.69) is 16.1 Å². The minimum atomic E-state index is 0.0589. The van der Waals surface area contributed by atoms with Gasteiger partial charge in [-0.05, 0) is 43.1 Å². The second-order valence-corrected chi connectivity index (χ2v) is 6.75. The minimum absolute atomic E-state index is 0.0589. The van der Waals surface area contributed by atoms with Crippen molar-refractivity contribution in [3.05, 3.63) is 53.9 Å². The largest absolute Gasteiger partial charge is 0.345 e. The SMILES string of the molecule is CN(C)C(=O)c1cccc(CN2CCCCC2Cn2cccn2)c1. The monoisotopic (exact) mass is 326 g/mol. The van der Waals surface area contributed by atoms with E-state index >= 15 is 0 Å². The van der Waals surface area contributed by atoms with Gasteiger partial charge in [-0.3, -0.25) is 14.4 Å². The molecule has 1 amide bonds. The molecule has 5 heteroatoms. The van der Waals surface area contributed by atoms with E-state index in [9.17, 15) is 4.79 Å². The lowest BCUT2D eigenvalue weighted by Crippen LogP contribution is -2.41. The lowest BCUT2D eigenvalue weighted by Gasteiger charge is -2.35. The summed E-state index contributed by atoms with van der Waals surface area (Å²) in [6.45, 7) is 2.93. The van der Waals surface area contributed by atoms with Crippen LogP contribution in [0.3, 0.4) is 0 Å². The van der Waals surface area contributed by atoms with Crippen LogP contribution in [0.5, 0.6) is 0 Å². The summed E-state index contributed by atoms with van der Waals surface area (Å²) in [5.74, 6) is 0.0589. The molecule has 2 heterocycles. The number of carbonyl (C=O) groups is 1. The summed E-state index contributed by atoms with van der Waals surface area (Å²) in [5.41, 5.74) is 1.97. The fourth-order valence-corrected chi connectivity index (χ4v) is 3.39. The number of likely N-dealkylation sites (tertiary alicyclic amines) is 1. The number of benzene rings is 1. The van der Waals surface area contributed by atoms with Crippen LogP contribution in [0.1, 0.15) is 35.2 Å². The first-order valence-electron chi connectivity index (χ1n) is 8.65. The average Bonchev–Trinajstić information content (AvgIpc) is 3.09. The summed E-state index contributed by atoms with van der Waals surface area (Å²) in [4.78, 5) is 16.3. The van der Waals surface area contributed by atoms with Gasteiger partial charge in [0, 0.05) is 44.6 Å². The van der Waals surface area contributed by atoms with Crippen molar-refractivity contribution < 1.29 is 4.79 Å². The lowest BCUT2D eigenvalue weighted by atomic mass is 10.0. The Bertz CT molecular complexity index is 666. The van der Waals surface area contributed by atoms with Gasteiger partial charge in [0.1, 0.15) is 0 Å². The summed E-state index contributed by atoms with van der Waals surface area (Å²) in [7, 11) is 3.58. The molecule has 1 fully saturated rings. The van der Waals surface area contributed by atoms with Crippen molar-refractivity contribution in [2.45, 2.75) is 38.4 Å². The number of carbonyl (C=O) groups excluding carboxylic acids is 1. The smallest absolute Gasteiger partial charge is 0.253 e. The van der Waals surface area contributed by atoms with E-state index < -0.39 is 0 Å². The number of rotatable bonds is 5. The lowest BCUT2D eigenvalue weighted by molar-refractivity contribution is 0.0827. The number of hydrogen-bond acceptors (Lipinski definition) is 3. The highest BCUT2D eigenvalue weighted by atomic mass is 16.2. The second-order valence-electron chi connectivity index (χ2n) is 6.75. The topological polar surface area (TPSA) is 41.4 Å². The molecular formula is C19H26N4O. The van der Waals surface area contributed by atoms with Crippen molar-refractivity contribution in [3.8, 4) is 0 Å². The zero-order valence-electron chi connectivity index (χ0n) is 14.6. The van der Waals surface area contributed by atoms with Crippen LogP contribution in [-0.4, -0.2) is 52.2 Å². The Morgan fingerprint density at radius 3 is 2.92 bits per heavy atom. The third-order valence-electron chi connectivity index (χ3n) is 4.67. The molecule has 1 aliphatic heterocycles. The maximum atomic E-state index is 12.2. The molecule has 0 aliphatic carbocycles. The fourth-order valence-electron chi connectivity index (χ4n) is 3.39. The Morgan fingerprint density at radius 2 is 2.17 bits per heavy atom. The van der Waals surface area contributed by atoms with E-state index in [1.165, 1.54) is 24.8 Å². The first kappa shape index (κ1) is 16.7. The number of amides is 1.